The van der Waals surface area contributed by atoms with Crippen LogP contribution in [0.25, 0.3) is 10.4 Å². The van der Waals surface area contributed by atoms with E-state index in [-0.39, 0.29) is 24.2 Å². The molecule has 1 unspecified atom stereocenters. The quantitative estimate of drug-likeness (QED) is 0.807. The molecule has 0 saturated carbocycles. The fourth-order valence-corrected chi connectivity index (χ4v) is 3.46. The van der Waals surface area contributed by atoms with Gasteiger partial charge in [-0.05, 0) is 48.7 Å². The lowest BCUT2D eigenvalue weighted by molar-refractivity contribution is 0.0887. The van der Waals surface area contributed by atoms with E-state index in [9.17, 15) is 4.79 Å². The number of carbonyl (C=O) groups is 1. The van der Waals surface area contributed by atoms with Crippen LogP contribution >= 0.6 is 23.7 Å². The zero-order valence-corrected chi connectivity index (χ0v) is 16.8. The molecule has 2 heterocycles. The van der Waals surface area contributed by atoms with Crippen LogP contribution < -0.4 is 20.5 Å². The summed E-state index contributed by atoms with van der Waals surface area (Å²) in [6, 6.07) is 9.66. The van der Waals surface area contributed by atoms with Crippen LogP contribution in [0.5, 0.6) is 11.5 Å². The fourth-order valence-electron chi connectivity index (χ4n) is 2.56. The van der Waals surface area contributed by atoms with E-state index in [1.165, 1.54) is 11.3 Å². The molecule has 3 N–H and O–H groups in total. The molecule has 26 heavy (non-hydrogen) atoms. The average Bonchev–Trinajstić information content (AvgIpc) is 3.11. The van der Waals surface area contributed by atoms with Gasteiger partial charge in [0.1, 0.15) is 13.2 Å². The molecule has 0 bridgehead atoms. The number of rotatable bonds is 5. The second kappa shape index (κ2) is 8.29. The van der Waals surface area contributed by atoms with Crippen molar-refractivity contribution in [1.82, 2.24) is 5.32 Å². The van der Waals surface area contributed by atoms with E-state index in [4.69, 9.17) is 15.2 Å². The van der Waals surface area contributed by atoms with Crippen molar-refractivity contribution in [2.24, 2.45) is 11.7 Å². The second-order valence-electron chi connectivity index (χ2n) is 6.75. The number of nitrogens with two attached hydrogens (primary N) is 1. The second-order valence-corrected chi connectivity index (χ2v) is 7.84. The van der Waals surface area contributed by atoms with Crippen molar-refractivity contribution in [3.8, 4) is 21.9 Å². The largest absolute Gasteiger partial charge is 0.486 e. The monoisotopic (exact) mass is 396 g/mol. The number of hydrogen-bond donors (Lipinski definition) is 2. The van der Waals surface area contributed by atoms with Gasteiger partial charge < -0.3 is 20.5 Å². The molecule has 0 radical (unpaired) electrons. The summed E-state index contributed by atoms with van der Waals surface area (Å²) in [4.78, 5) is 14.3. The summed E-state index contributed by atoms with van der Waals surface area (Å²) in [6.07, 6.45) is 0. The molecule has 1 atom stereocenters. The lowest BCUT2D eigenvalue weighted by atomic mass is 9.88. The molecular formula is C19H25ClN2O3S. The molecular weight excluding hydrogens is 372 g/mol. The maximum Gasteiger partial charge on any atom is 0.261 e. The Bertz CT molecular complexity index is 778. The molecule has 1 aliphatic rings. The van der Waals surface area contributed by atoms with E-state index in [0.717, 1.165) is 21.9 Å². The number of fused-ring (bicyclic) bond motifs is 1. The minimum atomic E-state index is -0.418. The van der Waals surface area contributed by atoms with Crippen molar-refractivity contribution >= 4 is 29.7 Å². The zero-order valence-electron chi connectivity index (χ0n) is 15.2. The number of halogens is 1. The SMILES string of the molecule is CC(C)C(C)(CN)NC(=O)c1ccc(-c2ccc3c(c2)OCCO3)s1.Cl. The van der Waals surface area contributed by atoms with Crippen LogP contribution in [0.4, 0.5) is 0 Å². The van der Waals surface area contributed by atoms with E-state index in [2.05, 4.69) is 19.2 Å². The van der Waals surface area contributed by atoms with E-state index in [1.807, 2.05) is 37.3 Å². The van der Waals surface area contributed by atoms with Crippen LogP contribution in [-0.2, 0) is 0 Å². The van der Waals surface area contributed by atoms with E-state index in [1.54, 1.807) is 0 Å². The van der Waals surface area contributed by atoms with Crippen LogP contribution in [0.2, 0.25) is 0 Å². The van der Waals surface area contributed by atoms with Crippen molar-refractivity contribution in [3.63, 3.8) is 0 Å². The number of benzene rings is 1. The summed E-state index contributed by atoms with van der Waals surface area (Å²) in [5.41, 5.74) is 6.45. The van der Waals surface area contributed by atoms with Crippen molar-refractivity contribution < 1.29 is 14.3 Å². The molecule has 1 amide bonds. The Labute approximate surface area is 164 Å². The van der Waals surface area contributed by atoms with Gasteiger partial charge in [-0.15, -0.1) is 23.7 Å². The van der Waals surface area contributed by atoms with Gasteiger partial charge in [0.2, 0.25) is 0 Å². The number of carbonyl (C=O) groups excluding carboxylic acids is 1. The molecule has 0 aliphatic carbocycles. The van der Waals surface area contributed by atoms with Crippen molar-refractivity contribution in [1.29, 1.82) is 0 Å². The molecule has 0 spiro atoms. The third kappa shape index (κ3) is 4.14. The predicted molar refractivity (Wildman–Crippen MR) is 108 cm³/mol. The molecule has 5 nitrogen and oxygen atoms in total. The van der Waals surface area contributed by atoms with E-state index in [0.29, 0.717) is 24.6 Å². The first kappa shape index (κ1) is 20.6. The first-order valence-electron chi connectivity index (χ1n) is 8.45. The number of nitrogens with one attached hydrogen (secondary N) is 1. The van der Waals surface area contributed by atoms with E-state index >= 15 is 0 Å². The Balaban J connectivity index is 0.00000243. The van der Waals surface area contributed by atoms with Crippen LogP contribution in [-0.4, -0.2) is 31.2 Å². The third-order valence-electron chi connectivity index (χ3n) is 4.75. The average molecular weight is 397 g/mol. The molecule has 2 aromatic rings. The summed E-state index contributed by atoms with van der Waals surface area (Å²) in [5.74, 6) is 1.67. The summed E-state index contributed by atoms with van der Waals surface area (Å²) in [5, 5.41) is 3.08. The minimum absolute atomic E-state index is 0. The molecule has 0 saturated heterocycles. The Kier molecular flexibility index (Phi) is 6.55. The summed E-state index contributed by atoms with van der Waals surface area (Å²) >= 11 is 1.46. The van der Waals surface area contributed by atoms with Crippen molar-refractivity contribution in [2.75, 3.05) is 19.8 Å². The zero-order chi connectivity index (χ0) is 18.0. The van der Waals surface area contributed by atoms with Crippen molar-refractivity contribution in [3.05, 3.63) is 35.2 Å². The highest BCUT2D eigenvalue weighted by molar-refractivity contribution is 7.17. The molecule has 7 heteroatoms. The molecule has 1 aromatic heterocycles. The number of amides is 1. The highest BCUT2D eigenvalue weighted by Crippen LogP contribution is 2.37. The third-order valence-corrected chi connectivity index (χ3v) is 5.89. The number of ether oxygens (including phenoxy) is 2. The molecule has 1 aliphatic heterocycles. The van der Waals surface area contributed by atoms with Gasteiger partial charge in [-0.1, -0.05) is 13.8 Å². The molecule has 142 valence electrons. The first-order valence-corrected chi connectivity index (χ1v) is 9.27. The van der Waals surface area contributed by atoms with Crippen LogP contribution in [0.3, 0.4) is 0 Å². The fraction of sp³-hybridized carbons (Fsp3) is 0.421. The normalized spacial score (nSPS) is 15.1. The Morgan fingerprint density at radius 3 is 2.58 bits per heavy atom. The van der Waals surface area contributed by atoms with Gasteiger partial charge in [0.05, 0.1) is 10.4 Å². The van der Waals surface area contributed by atoms with Gasteiger partial charge in [0.15, 0.2) is 11.5 Å². The summed E-state index contributed by atoms with van der Waals surface area (Å²) in [7, 11) is 0. The van der Waals surface area contributed by atoms with Crippen LogP contribution in [0, 0.1) is 5.92 Å². The number of hydrogen-bond acceptors (Lipinski definition) is 5. The van der Waals surface area contributed by atoms with Gasteiger partial charge in [0, 0.05) is 11.4 Å². The predicted octanol–water partition coefficient (Wildman–Crippen LogP) is 3.71. The Morgan fingerprint density at radius 2 is 1.92 bits per heavy atom. The van der Waals surface area contributed by atoms with Crippen molar-refractivity contribution in [2.45, 2.75) is 26.3 Å². The Morgan fingerprint density at radius 1 is 1.23 bits per heavy atom. The van der Waals surface area contributed by atoms with Gasteiger partial charge in [0.25, 0.3) is 5.91 Å². The maximum absolute atomic E-state index is 12.6. The molecule has 0 fully saturated rings. The topological polar surface area (TPSA) is 73.6 Å². The van der Waals surface area contributed by atoms with E-state index < -0.39 is 5.54 Å². The van der Waals surface area contributed by atoms with Gasteiger partial charge >= 0.3 is 0 Å². The lowest BCUT2D eigenvalue weighted by Crippen LogP contribution is -2.54. The first-order chi connectivity index (χ1) is 11.9. The van der Waals surface area contributed by atoms with Crippen LogP contribution in [0.1, 0.15) is 30.4 Å². The highest BCUT2D eigenvalue weighted by Gasteiger charge is 2.29. The highest BCUT2D eigenvalue weighted by atomic mass is 35.5. The summed E-state index contributed by atoms with van der Waals surface area (Å²) < 4.78 is 11.2. The number of thiophene rings is 1. The minimum Gasteiger partial charge on any atom is -0.486 e. The Hall–Kier alpha value is -1.76. The van der Waals surface area contributed by atoms with Gasteiger partial charge in [-0.3, -0.25) is 4.79 Å². The summed E-state index contributed by atoms with van der Waals surface area (Å²) in [6.45, 7) is 7.62. The molecule has 1 aromatic carbocycles. The lowest BCUT2D eigenvalue weighted by Gasteiger charge is -2.33. The smallest absolute Gasteiger partial charge is 0.261 e. The van der Waals surface area contributed by atoms with Crippen LogP contribution in [0.15, 0.2) is 30.3 Å². The standard InChI is InChI=1S/C19H24N2O3S.ClH/c1-12(2)19(3,11-20)21-18(22)17-7-6-16(25-17)13-4-5-14-15(10-13)24-9-8-23-14;/h4-7,10,12H,8-9,11,20H2,1-3H3,(H,21,22);1H. The van der Waals surface area contributed by atoms with Gasteiger partial charge in [-0.2, -0.15) is 0 Å². The molecule has 3 rings (SSSR count). The van der Waals surface area contributed by atoms with Gasteiger partial charge in [-0.25, -0.2) is 0 Å². The maximum atomic E-state index is 12.6.